The van der Waals surface area contributed by atoms with Gasteiger partial charge in [-0.2, -0.15) is 0 Å². The molecule has 31 heavy (non-hydrogen) atoms. The van der Waals surface area contributed by atoms with Crippen molar-refractivity contribution in [1.82, 2.24) is 0 Å². The summed E-state index contributed by atoms with van der Waals surface area (Å²) >= 11 is 1.18. The lowest BCUT2D eigenvalue weighted by Crippen LogP contribution is -2.22. The molecule has 0 radical (unpaired) electrons. The second-order valence-corrected chi connectivity index (χ2v) is 8.04. The third-order valence-electron chi connectivity index (χ3n) is 5.29. The van der Waals surface area contributed by atoms with Crippen LogP contribution in [0, 0.1) is 0 Å². The van der Waals surface area contributed by atoms with E-state index in [9.17, 15) is 14.7 Å². The number of thiophene rings is 1. The van der Waals surface area contributed by atoms with Crippen LogP contribution in [0.1, 0.15) is 32.5 Å². The average molecular weight is 439 g/mol. The van der Waals surface area contributed by atoms with Crippen LogP contribution in [0.3, 0.4) is 0 Å². The number of hydrogen-bond donors (Lipinski definition) is 2. The number of anilines is 1. The topological polar surface area (TPSA) is 94.1 Å². The number of carbonyl (C=O) groups is 2. The molecular formula is C23H21NO6S. The Kier molecular flexibility index (Phi) is 5.56. The summed E-state index contributed by atoms with van der Waals surface area (Å²) in [7, 11) is 4.69. The van der Waals surface area contributed by atoms with Crippen LogP contribution in [0.4, 0.5) is 5.69 Å². The minimum atomic E-state index is -1.04. The third kappa shape index (κ3) is 3.70. The largest absolute Gasteiger partial charge is 0.497 e. The Morgan fingerprint density at radius 1 is 1.03 bits per heavy atom. The van der Waals surface area contributed by atoms with Crippen LogP contribution in [-0.4, -0.2) is 38.3 Å². The molecule has 1 amide bonds. The summed E-state index contributed by atoms with van der Waals surface area (Å²) in [5.74, 6) is 0.327. The highest BCUT2D eigenvalue weighted by Crippen LogP contribution is 2.51. The standard InChI is InChI=1S/C23H21NO6S/c1-28-13-6-4-12(5-7-13)19-20-21(31-22(19)23(26)27)16(11-18(25)24-20)15-9-8-14(29-2)10-17(15)30-3/h4-10,16H,11H2,1-3H3,(H,24,25)(H,26,27)/t16-/m1/s1. The molecule has 0 spiro atoms. The molecule has 2 aromatic carbocycles. The van der Waals surface area contributed by atoms with Crippen LogP contribution in [0.25, 0.3) is 11.1 Å². The Morgan fingerprint density at radius 3 is 2.32 bits per heavy atom. The summed E-state index contributed by atoms with van der Waals surface area (Å²) in [6.07, 6.45) is 0.192. The predicted molar refractivity (Wildman–Crippen MR) is 118 cm³/mol. The number of amides is 1. The number of methoxy groups -OCH3 is 3. The van der Waals surface area contributed by atoms with Gasteiger partial charge in [0.05, 0.1) is 27.0 Å². The summed E-state index contributed by atoms with van der Waals surface area (Å²) in [4.78, 5) is 25.7. The minimum absolute atomic E-state index is 0.176. The Bertz CT molecular complexity index is 1150. The number of hydrogen-bond acceptors (Lipinski definition) is 6. The van der Waals surface area contributed by atoms with Gasteiger partial charge >= 0.3 is 5.97 Å². The van der Waals surface area contributed by atoms with Crippen molar-refractivity contribution in [3.63, 3.8) is 0 Å². The van der Waals surface area contributed by atoms with Crippen molar-refractivity contribution in [2.75, 3.05) is 26.6 Å². The molecule has 8 heteroatoms. The van der Waals surface area contributed by atoms with E-state index in [0.29, 0.717) is 34.1 Å². The normalized spacial score (nSPS) is 15.1. The van der Waals surface area contributed by atoms with Gasteiger partial charge in [-0.15, -0.1) is 11.3 Å². The average Bonchev–Trinajstić information content (AvgIpc) is 3.17. The van der Waals surface area contributed by atoms with Crippen molar-refractivity contribution in [3.05, 3.63) is 57.8 Å². The summed E-state index contributed by atoms with van der Waals surface area (Å²) in [5, 5.41) is 12.8. The van der Waals surface area contributed by atoms with Crippen molar-refractivity contribution in [1.29, 1.82) is 0 Å². The van der Waals surface area contributed by atoms with Gasteiger partial charge in [0, 0.05) is 34.4 Å². The summed E-state index contributed by atoms with van der Waals surface area (Å²) < 4.78 is 16.0. The molecule has 1 aromatic heterocycles. The second-order valence-electron chi connectivity index (χ2n) is 6.99. The zero-order valence-electron chi connectivity index (χ0n) is 17.2. The molecule has 0 unspecified atom stereocenters. The summed E-state index contributed by atoms with van der Waals surface area (Å²) in [6.45, 7) is 0. The van der Waals surface area contributed by atoms with E-state index in [0.717, 1.165) is 10.4 Å². The van der Waals surface area contributed by atoms with E-state index in [1.165, 1.54) is 11.3 Å². The smallest absolute Gasteiger partial charge is 0.346 e. The Hall–Kier alpha value is -3.52. The maximum atomic E-state index is 12.7. The summed E-state index contributed by atoms with van der Waals surface area (Å²) in [5.41, 5.74) is 2.53. The van der Waals surface area contributed by atoms with Crippen LogP contribution in [-0.2, 0) is 4.79 Å². The third-order valence-corrected chi connectivity index (χ3v) is 6.59. The zero-order valence-corrected chi connectivity index (χ0v) is 18.0. The van der Waals surface area contributed by atoms with Crippen LogP contribution in [0.2, 0.25) is 0 Å². The van der Waals surface area contributed by atoms with Crippen molar-refractivity contribution >= 4 is 28.9 Å². The number of carboxylic acids is 1. The fourth-order valence-corrected chi connectivity index (χ4v) is 5.06. The quantitative estimate of drug-likeness (QED) is 0.582. The van der Waals surface area contributed by atoms with Gasteiger partial charge in [0.15, 0.2) is 0 Å². The monoisotopic (exact) mass is 439 g/mol. The van der Waals surface area contributed by atoms with Crippen molar-refractivity contribution < 1.29 is 28.9 Å². The van der Waals surface area contributed by atoms with Gasteiger partial charge in [-0.05, 0) is 23.8 Å². The van der Waals surface area contributed by atoms with Crippen molar-refractivity contribution in [2.24, 2.45) is 0 Å². The van der Waals surface area contributed by atoms with Gasteiger partial charge in [0.2, 0.25) is 5.91 Å². The molecular weight excluding hydrogens is 418 g/mol. The molecule has 0 aliphatic carbocycles. The van der Waals surface area contributed by atoms with Crippen molar-refractivity contribution in [2.45, 2.75) is 12.3 Å². The van der Waals surface area contributed by atoms with Crippen LogP contribution in [0.15, 0.2) is 42.5 Å². The number of benzene rings is 2. The number of ether oxygens (including phenoxy) is 3. The van der Waals surface area contributed by atoms with E-state index in [-0.39, 0.29) is 23.1 Å². The molecule has 3 aromatic rings. The zero-order chi connectivity index (χ0) is 22.1. The molecule has 0 saturated heterocycles. The van der Waals surface area contributed by atoms with E-state index < -0.39 is 5.97 Å². The van der Waals surface area contributed by atoms with Gasteiger partial charge in [0.25, 0.3) is 0 Å². The van der Waals surface area contributed by atoms with E-state index in [4.69, 9.17) is 14.2 Å². The fraction of sp³-hybridized carbons (Fsp3) is 0.217. The first kappa shape index (κ1) is 20.7. The molecule has 1 atom stereocenters. The SMILES string of the molecule is COc1ccc(-c2c(C(=O)O)sc3c2NC(=O)C[C@@H]3c2ccc(OC)cc2OC)cc1. The lowest BCUT2D eigenvalue weighted by Gasteiger charge is -2.25. The molecule has 4 rings (SSSR count). The van der Waals surface area contributed by atoms with Crippen LogP contribution in [0.5, 0.6) is 17.2 Å². The maximum Gasteiger partial charge on any atom is 0.346 e. The number of fused-ring (bicyclic) bond motifs is 1. The van der Waals surface area contributed by atoms with E-state index in [2.05, 4.69) is 5.32 Å². The van der Waals surface area contributed by atoms with E-state index in [1.807, 2.05) is 6.07 Å². The highest BCUT2D eigenvalue weighted by Gasteiger charge is 2.35. The van der Waals surface area contributed by atoms with Gasteiger partial charge in [-0.1, -0.05) is 18.2 Å². The van der Waals surface area contributed by atoms with Gasteiger partial charge < -0.3 is 24.6 Å². The predicted octanol–water partition coefficient (Wildman–Crippen LogP) is 4.61. The van der Waals surface area contributed by atoms with Gasteiger partial charge in [-0.3, -0.25) is 4.79 Å². The number of carboxylic acid groups (broad SMARTS) is 1. The lowest BCUT2D eigenvalue weighted by atomic mass is 9.88. The summed E-state index contributed by atoms with van der Waals surface area (Å²) in [6, 6.07) is 12.5. The molecule has 0 fully saturated rings. The minimum Gasteiger partial charge on any atom is -0.497 e. The highest BCUT2D eigenvalue weighted by atomic mass is 32.1. The molecule has 7 nitrogen and oxygen atoms in total. The molecule has 2 heterocycles. The lowest BCUT2D eigenvalue weighted by molar-refractivity contribution is -0.116. The first-order valence-corrected chi connectivity index (χ1v) is 10.3. The molecule has 0 saturated carbocycles. The highest BCUT2D eigenvalue weighted by molar-refractivity contribution is 7.15. The van der Waals surface area contributed by atoms with Crippen LogP contribution < -0.4 is 19.5 Å². The molecule has 1 aliphatic rings. The number of aromatic carboxylic acids is 1. The van der Waals surface area contributed by atoms with Crippen LogP contribution >= 0.6 is 11.3 Å². The maximum absolute atomic E-state index is 12.7. The Balaban J connectivity index is 1.91. The van der Waals surface area contributed by atoms with Gasteiger partial charge in [-0.25, -0.2) is 4.79 Å². The second kappa shape index (κ2) is 8.31. The molecule has 2 N–H and O–H groups in total. The molecule has 1 aliphatic heterocycles. The number of carbonyl (C=O) groups excluding carboxylic acids is 1. The van der Waals surface area contributed by atoms with E-state index in [1.54, 1.807) is 57.7 Å². The van der Waals surface area contributed by atoms with E-state index >= 15 is 0 Å². The first-order valence-electron chi connectivity index (χ1n) is 9.53. The number of rotatable bonds is 6. The van der Waals surface area contributed by atoms with Crippen molar-refractivity contribution in [3.8, 4) is 28.4 Å². The first-order chi connectivity index (χ1) is 15.0. The molecule has 160 valence electrons. The van der Waals surface area contributed by atoms with Gasteiger partial charge in [0.1, 0.15) is 22.1 Å². The Morgan fingerprint density at radius 2 is 1.71 bits per heavy atom. The fourth-order valence-electron chi connectivity index (χ4n) is 3.83. The molecule has 0 bridgehead atoms. The number of nitrogens with one attached hydrogen (secondary N) is 1. The Labute approximate surface area is 183 Å².